The van der Waals surface area contributed by atoms with Crippen LogP contribution in [0.15, 0.2) is 78.9 Å². The lowest BCUT2D eigenvalue weighted by molar-refractivity contribution is -0.153. The molecule has 1 heterocycles. The highest BCUT2D eigenvalue weighted by atomic mass is 16.5. The summed E-state index contributed by atoms with van der Waals surface area (Å²) in [5, 5.41) is 9.37. The van der Waals surface area contributed by atoms with Gasteiger partial charge in [0, 0.05) is 33.0 Å². The lowest BCUT2D eigenvalue weighted by Crippen LogP contribution is -2.31. The Morgan fingerprint density at radius 2 is 1.58 bits per heavy atom. The van der Waals surface area contributed by atoms with E-state index in [0.717, 1.165) is 23.1 Å². The van der Waals surface area contributed by atoms with Crippen LogP contribution in [-0.2, 0) is 22.5 Å². The second-order valence-electron chi connectivity index (χ2n) is 9.99. The molecule has 1 fully saturated rings. The number of hydrogen-bond acceptors (Lipinski definition) is 4. The fourth-order valence-electron chi connectivity index (χ4n) is 4.68. The summed E-state index contributed by atoms with van der Waals surface area (Å²) in [5.41, 5.74) is 4.31. The molecule has 2 atom stereocenters. The maximum atomic E-state index is 12.8. The van der Waals surface area contributed by atoms with Crippen molar-refractivity contribution in [2.75, 3.05) is 20.2 Å². The zero-order chi connectivity index (χ0) is 27.1. The molecule has 38 heavy (non-hydrogen) atoms. The predicted molar refractivity (Wildman–Crippen MR) is 147 cm³/mol. The average Bonchev–Trinajstić information content (AvgIpc) is 3.17. The molecule has 0 aliphatic carbocycles. The second-order valence-corrected chi connectivity index (χ2v) is 9.99. The predicted octanol–water partition coefficient (Wildman–Crippen LogP) is 5.48. The summed E-state index contributed by atoms with van der Waals surface area (Å²) in [5.74, 6) is -0.250. The molecule has 3 aromatic rings. The molecule has 0 radical (unpaired) electrons. The van der Waals surface area contributed by atoms with Gasteiger partial charge in [0.05, 0.1) is 18.8 Å². The van der Waals surface area contributed by atoms with E-state index in [-0.39, 0.29) is 18.2 Å². The minimum atomic E-state index is -0.965. The number of aliphatic carboxylic acids is 1. The van der Waals surface area contributed by atoms with Gasteiger partial charge in [0.15, 0.2) is 6.10 Å². The number of urea groups is 1. The molecule has 0 unspecified atom stereocenters. The minimum absolute atomic E-state index is 0.0306. The maximum Gasteiger partial charge on any atom is 0.333 e. The van der Waals surface area contributed by atoms with Crippen LogP contribution in [0, 0.1) is 0 Å². The van der Waals surface area contributed by atoms with E-state index in [2.05, 4.69) is 36.4 Å². The number of carboxylic acids is 1. The molecule has 0 aromatic heterocycles. The summed E-state index contributed by atoms with van der Waals surface area (Å²) in [6, 6.07) is 26.2. The second kappa shape index (κ2) is 12.6. The van der Waals surface area contributed by atoms with Crippen LogP contribution in [0.25, 0.3) is 11.1 Å². The number of ether oxygens (including phenoxy) is 2. The zero-order valence-electron chi connectivity index (χ0n) is 22.2. The van der Waals surface area contributed by atoms with Gasteiger partial charge in [0.2, 0.25) is 0 Å². The molecule has 200 valence electrons. The molecule has 1 aliphatic rings. The van der Waals surface area contributed by atoms with Crippen molar-refractivity contribution < 1.29 is 24.2 Å². The Balaban J connectivity index is 1.25. The first-order valence-corrected chi connectivity index (χ1v) is 13.1. The van der Waals surface area contributed by atoms with Crippen molar-refractivity contribution in [2.24, 2.45) is 0 Å². The fraction of sp³-hybridized carbons (Fsp3) is 0.355. The highest BCUT2D eigenvalue weighted by Crippen LogP contribution is 2.23. The standard InChI is InChI=1S/C31H36N2O5/c1-22(2)38-29(30(34)35)19-23-11-15-28(16-12-23)37-18-17-27-21-33(31(36)32(27)3)20-24-9-13-26(14-10-24)25-7-5-4-6-8-25/h4-16,22,27,29H,17-21H2,1-3H3,(H,34,35)/t27-,29-/m0/s1. The molecule has 0 spiro atoms. The highest BCUT2D eigenvalue weighted by molar-refractivity contribution is 5.77. The Morgan fingerprint density at radius 1 is 0.947 bits per heavy atom. The third-order valence-corrected chi connectivity index (χ3v) is 6.76. The summed E-state index contributed by atoms with van der Waals surface area (Å²) in [4.78, 5) is 28.0. The van der Waals surface area contributed by atoms with E-state index < -0.39 is 12.1 Å². The van der Waals surface area contributed by atoms with Gasteiger partial charge in [0.1, 0.15) is 5.75 Å². The van der Waals surface area contributed by atoms with E-state index >= 15 is 0 Å². The summed E-state index contributed by atoms with van der Waals surface area (Å²) < 4.78 is 11.4. The molecule has 0 bridgehead atoms. The number of carboxylic acid groups (broad SMARTS) is 1. The first-order valence-electron chi connectivity index (χ1n) is 13.1. The van der Waals surface area contributed by atoms with Gasteiger partial charge >= 0.3 is 12.0 Å². The van der Waals surface area contributed by atoms with Crippen molar-refractivity contribution in [3.05, 3.63) is 90.0 Å². The molecule has 0 saturated carbocycles. The van der Waals surface area contributed by atoms with Crippen LogP contribution < -0.4 is 4.74 Å². The monoisotopic (exact) mass is 516 g/mol. The van der Waals surface area contributed by atoms with Crippen molar-refractivity contribution in [1.82, 2.24) is 9.80 Å². The Morgan fingerprint density at radius 3 is 2.21 bits per heavy atom. The number of amides is 2. The topological polar surface area (TPSA) is 79.3 Å². The smallest absolute Gasteiger partial charge is 0.333 e. The van der Waals surface area contributed by atoms with Crippen molar-refractivity contribution in [3.8, 4) is 16.9 Å². The van der Waals surface area contributed by atoms with Crippen molar-refractivity contribution in [2.45, 2.75) is 51.5 Å². The lowest BCUT2D eigenvalue weighted by atomic mass is 10.0. The maximum absolute atomic E-state index is 12.8. The normalized spacial score (nSPS) is 16.2. The largest absolute Gasteiger partial charge is 0.494 e. The van der Waals surface area contributed by atoms with Crippen LogP contribution in [0.5, 0.6) is 5.75 Å². The van der Waals surface area contributed by atoms with Crippen molar-refractivity contribution in [3.63, 3.8) is 0 Å². The molecule has 2 amide bonds. The van der Waals surface area contributed by atoms with E-state index in [9.17, 15) is 14.7 Å². The Kier molecular flexibility index (Phi) is 9.02. The first kappa shape index (κ1) is 27.2. The van der Waals surface area contributed by atoms with Gasteiger partial charge in [-0.3, -0.25) is 0 Å². The Labute approximate surface area is 224 Å². The van der Waals surface area contributed by atoms with Gasteiger partial charge in [0.25, 0.3) is 0 Å². The van der Waals surface area contributed by atoms with Gasteiger partial charge < -0.3 is 24.4 Å². The Bertz CT molecular complexity index is 1200. The molecule has 1 saturated heterocycles. The van der Waals surface area contributed by atoms with Crippen LogP contribution in [-0.4, -0.2) is 65.4 Å². The van der Waals surface area contributed by atoms with Crippen molar-refractivity contribution in [1.29, 1.82) is 0 Å². The van der Waals surface area contributed by atoms with Gasteiger partial charge in [-0.25, -0.2) is 9.59 Å². The SMILES string of the molecule is CC(C)O[C@@H](Cc1ccc(OCC[C@H]2CN(Cc3ccc(-c4ccccc4)cc3)C(=O)N2C)cc1)C(=O)O. The number of rotatable bonds is 12. The van der Waals surface area contributed by atoms with Crippen LogP contribution in [0.1, 0.15) is 31.4 Å². The summed E-state index contributed by atoms with van der Waals surface area (Å²) in [7, 11) is 1.85. The molecule has 7 heteroatoms. The number of benzene rings is 3. The van der Waals surface area contributed by atoms with Crippen LogP contribution in [0.3, 0.4) is 0 Å². The van der Waals surface area contributed by atoms with E-state index in [1.165, 1.54) is 5.56 Å². The number of hydrogen-bond donors (Lipinski definition) is 1. The summed E-state index contributed by atoms with van der Waals surface area (Å²) >= 11 is 0. The Hall–Kier alpha value is -3.84. The third kappa shape index (κ3) is 7.13. The lowest BCUT2D eigenvalue weighted by Gasteiger charge is -2.18. The molecule has 3 aromatic carbocycles. The molecule has 4 rings (SSSR count). The number of likely N-dealkylation sites (N-methyl/N-ethyl adjacent to an activating group) is 1. The quantitative estimate of drug-likeness (QED) is 0.345. The summed E-state index contributed by atoms with van der Waals surface area (Å²) in [6.07, 6.45) is -0.0120. The summed E-state index contributed by atoms with van der Waals surface area (Å²) in [6.45, 7) is 5.37. The van der Waals surface area contributed by atoms with Gasteiger partial charge in [-0.1, -0.05) is 66.7 Å². The third-order valence-electron chi connectivity index (χ3n) is 6.76. The first-order chi connectivity index (χ1) is 18.3. The minimum Gasteiger partial charge on any atom is -0.494 e. The van der Waals surface area contributed by atoms with Crippen LogP contribution in [0.4, 0.5) is 4.79 Å². The van der Waals surface area contributed by atoms with Crippen LogP contribution in [0.2, 0.25) is 0 Å². The number of carbonyl (C=O) groups is 2. The average molecular weight is 517 g/mol. The molecule has 1 N–H and O–H groups in total. The van der Waals surface area contributed by atoms with Crippen molar-refractivity contribution >= 4 is 12.0 Å². The van der Waals surface area contributed by atoms with Gasteiger partial charge in [-0.2, -0.15) is 0 Å². The van der Waals surface area contributed by atoms with Crippen LogP contribution >= 0.6 is 0 Å². The van der Waals surface area contributed by atoms with Gasteiger partial charge in [-0.05, 0) is 48.2 Å². The molecular weight excluding hydrogens is 480 g/mol. The van der Waals surface area contributed by atoms with E-state index in [1.54, 1.807) is 4.90 Å². The number of nitrogens with zero attached hydrogens (tertiary/aromatic N) is 2. The molecule has 1 aliphatic heterocycles. The van der Waals surface area contributed by atoms with E-state index in [0.29, 0.717) is 31.9 Å². The number of carbonyl (C=O) groups excluding carboxylic acids is 1. The van der Waals surface area contributed by atoms with Gasteiger partial charge in [-0.15, -0.1) is 0 Å². The van der Waals surface area contributed by atoms with E-state index in [1.807, 2.05) is 68.3 Å². The zero-order valence-corrected chi connectivity index (χ0v) is 22.2. The molecular formula is C31H36N2O5. The fourth-order valence-corrected chi connectivity index (χ4v) is 4.68. The highest BCUT2D eigenvalue weighted by Gasteiger charge is 2.34. The molecule has 7 nitrogen and oxygen atoms in total. The van der Waals surface area contributed by atoms with E-state index in [4.69, 9.17) is 9.47 Å².